The molecule has 1 aromatic carbocycles. The van der Waals surface area contributed by atoms with Gasteiger partial charge in [-0.25, -0.2) is 9.59 Å². The summed E-state index contributed by atoms with van der Waals surface area (Å²) < 4.78 is 11.0. The molecule has 1 aliphatic rings. The van der Waals surface area contributed by atoms with Crippen molar-refractivity contribution in [2.75, 3.05) is 13.2 Å². The Morgan fingerprint density at radius 3 is 2.71 bits per heavy atom. The van der Waals surface area contributed by atoms with E-state index in [4.69, 9.17) is 9.47 Å². The maximum absolute atomic E-state index is 12.5. The predicted octanol–water partition coefficient (Wildman–Crippen LogP) is 3.06. The lowest BCUT2D eigenvalue weighted by atomic mass is 9.95. The first kappa shape index (κ1) is 17.8. The summed E-state index contributed by atoms with van der Waals surface area (Å²) in [5, 5.41) is 5.43. The van der Waals surface area contributed by atoms with Crippen molar-refractivity contribution in [1.29, 1.82) is 0 Å². The summed E-state index contributed by atoms with van der Waals surface area (Å²) in [6.07, 6.45) is 1.74. The summed E-state index contributed by atoms with van der Waals surface area (Å²) in [4.78, 5) is 24.4. The fourth-order valence-electron chi connectivity index (χ4n) is 2.59. The van der Waals surface area contributed by atoms with E-state index < -0.39 is 12.0 Å². The van der Waals surface area contributed by atoms with Gasteiger partial charge < -0.3 is 20.1 Å². The van der Waals surface area contributed by atoms with Gasteiger partial charge in [0.15, 0.2) is 0 Å². The summed E-state index contributed by atoms with van der Waals surface area (Å²) in [6.45, 7) is 6.47. The smallest absolute Gasteiger partial charge is 0.338 e. The van der Waals surface area contributed by atoms with Crippen LogP contribution in [0.3, 0.4) is 0 Å². The highest BCUT2D eigenvalue weighted by Gasteiger charge is 2.33. The fraction of sp³-hybridized carbons (Fsp3) is 0.444. The van der Waals surface area contributed by atoms with Crippen molar-refractivity contribution < 1.29 is 19.1 Å². The van der Waals surface area contributed by atoms with E-state index in [-0.39, 0.29) is 6.03 Å². The quantitative estimate of drug-likeness (QED) is 0.594. The molecule has 2 rings (SSSR count). The second-order valence-electron chi connectivity index (χ2n) is 5.53. The van der Waals surface area contributed by atoms with Crippen molar-refractivity contribution in [3.63, 3.8) is 0 Å². The molecule has 2 N–H and O–H groups in total. The highest BCUT2D eigenvalue weighted by Crippen LogP contribution is 2.33. The number of urea groups is 1. The molecule has 1 unspecified atom stereocenters. The number of nitrogens with one attached hydrogen (secondary N) is 2. The van der Waals surface area contributed by atoms with E-state index in [0.29, 0.717) is 30.2 Å². The van der Waals surface area contributed by atoms with Crippen LogP contribution in [-0.4, -0.2) is 25.2 Å². The largest absolute Gasteiger partial charge is 0.494 e. The minimum absolute atomic E-state index is 0.353. The molecule has 0 bridgehead atoms. The third-order valence-electron chi connectivity index (χ3n) is 3.75. The Balaban J connectivity index is 2.36. The third-order valence-corrected chi connectivity index (χ3v) is 3.75. The molecule has 0 radical (unpaired) electrons. The van der Waals surface area contributed by atoms with Crippen molar-refractivity contribution in [3.8, 4) is 5.75 Å². The molecular weight excluding hydrogens is 308 g/mol. The fourth-order valence-corrected chi connectivity index (χ4v) is 2.59. The van der Waals surface area contributed by atoms with Gasteiger partial charge in [0.25, 0.3) is 0 Å². The maximum Gasteiger partial charge on any atom is 0.338 e. The standard InChI is InChI=1S/C18H24N2O4/c1-4-6-11-24-17(21)15-12(3)19-18(22)20-16(15)13-9-7-8-10-14(13)23-5-2/h7-10,16H,4-6,11H2,1-3H3,(H2,19,20,22). The van der Waals surface area contributed by atoms with E-state index in [1.54, 1.807) is 6.92 Å². The summed E-state index contributed by atoms with van der Waals surface area (Å²) in [5.74, 6) is 0.212. The van der Waals surface area contributed by atoms with Gasteiger partial charge in [-0.3, -0.25) is 0 Å². The number of ether oxygens (including phenoxy) is 2. The summed E-state index contributed by atoms with van der Waals surface area (Å²) in [7, 11) is 0. The molecule has 2 amide bonds. The number of allylic oxidation sites excluding steroid dienone is 1. The van der Waals surface area contributed by atoms with Crippen molar-refractivity contribution in [1.82, 2.24) is 10.6 Å². The molecule has 6 nitrogen and oxygen atoms in total. The van der Waals surface area contributed by atoms with Crippen molar-refractivity contribution >= 4 is 12.0 Å². The number of rotatable bonds is 7. The van der Waals surface area contributed by atoms with Crippen LogP contribution in [0.5, 0.6) is 5.75 Å². The van der Waals surface area contributed by atoms with Gasteiger partial charge in [-0.1, -0.05) is 31.5 Å². The molecule has 1 aromatic rings. The monoisotopic (exact) mass is 332 g/mol. The van der Waals surface area contributed by atoms with Crippen molar-refractivity contribution in [2.24, 2.45) is 0 Å². The number of para-hydroxylation sites is 1. The average molecular weight is 332 g/mol. The number of benzene rings is 1. The van der Waals surface area contributed by atoms with Crippen molar-refractivity contribution in [3.05, 3.63) is 41.1 Å². The van der Waals surface area contributed by atoms with Gasteiger partial charge in [-0.2, -0.15) is 0 Å². The van der Waals surface area contributed by atoms with E-state index in [2.05, 4.69) is 10.6 Å². The Morgan fingerprint density at radius 1 is 1.25 bits per heavy atom. The molecule has 24 heavy (non-hydrogen) atoms. The number of hydrogen-bond donors (Lipinski definition) is 2. The number of amides is 2. The van der Waals surface area contributed by atoms with Crippen LogP contribution in [0.2, 0.25) is 0 Å². The Kier molecular flexibility index (Phi) is 6.23. The van der Waals surface area contributed by atoms with E-state index in [0.717, 1.165) is 18.4 Å². The second-order valence-corrected chi connectivity index (χ2v) is 5.53. The number of carbonyl (C=O) groups is 2. The molecule has 0 saturated carbocycles. The zero-order valence-electron chi connectivity index (χ0n) is 14.3. The highest BCUT2D eigenvalue weighted by atomic mass is 16.5. The van der Waals surface area contributed by atoms with Crippen LogP contribution < -0.4 is 15.4 Å². The normalized spacial score (nSPS) is 17.1. The Morgan fingerprint density at radius 2 is 2.00 bits per heavy atom. The molecular formula is C18H24N2O4. The minimum atomic E-state index is -0.601. The summed E-state index contributed by atoms with van der Waals surface area (Å²) >= 11 is 0. The van der Waals surface area contributed by atoms with E-state index in [9.17, 15) is 9.59 Å². The van der Waals surface area contributed by atoms with E-state index >= 15 is 0 Å². The van der Waals surface area contributed by atoms with E-state index in [1.165, 1.54) is 0 Å². The molecule has 6 heteroatoms. The number of esters is 1. The molecule has 0 saturated heterocycles. The molecule has 0 aliphatic carbocycles. The molecule has 1 atom stereocenters. The van der Waals surface area contributed by atoms with Crippen LogP contribution in [0.15, 0.2) is 35.5 Å². The predicted molar refractivity (Wildman–Crippen MR) is 90.6 cm³/mol. The lowest BCUT2D eigenvalue weighted by Crippen LogP contribution is -2.45. The van der Waals surface area contributed by atoms with Gasteiger partial charge in [-0.05, 0) is 26.3 Å². The van der Waals surface area contributed by atoms with Crippen LogP contribution in [-0.2, 0) is 9.53 Å². The Bertz CT molecular complexity index is 640. The van der Waals surface area contributed by atoms with Crippen LogP contribution >= 0.6 is 0 Å². The Hall–Kier alpha value is -2.50. The number of carbonyl (C=O) groups excluding carboxylic acids is 2. The van der Waals surface area contributed by atoms with Crippen LogP contribution in [0, 0.1) is 0 Å². The van der Waals surface area contributed by atoms with Crippen LogP contribution in [0.1, 0.15) is 45.2 Å². The van der Waals surface area contributed by atoms with Gasteiger partial charge in [0.05, 0.1) is 24.8 Å². The minimum Gasteiger partial charge on any atom is -0.494 e. The summed E-state index contributed by atoms with van der Waals surface area (Å²) in [6, 6.07) is 6.41. The maximum atomic E-state index is 12.5. The molecule has 0 aromatic heterocycles. The molecule has 0 fully saturated rings. The lowest BCUT2D eigenvalue weighted by molar-refractivity contribution is -0.139. The highest BCUT2D eigenvalue weighted by molar-refractivity contribution is 5.95. The first-order chi connectivity index (χ1) is 11.6. The first-order valence-electron chi connectivity index (χ1n) is 8.25. The van der Waals surface area contributed by atoms with Gasteiger partial charge >= 0.3 is 12.0 Å². The number of hydrogen-bond acceptors (Lipinski definition) is 4. The SMILES string of the molecule is CCCCOC(=O)C1=C(C)NC(=O)NC1c1ccccc1OCC. The second kappa shape index (κ2) is 8.38. The van der Waals surface area contributed by atoms with Crippen LogP contribution in [0.25, 0.3) is 0 Å². The average Bonchev–Trinajstić information content (AvgIpc) is 2.55. The molecule has 0 spiro atoms. The Labute approximate surface area is 142 Å². The summed E-state index contributed by atoms with van der Waals surface area (Å²) in [5.41, 5.74) is 1.63. The van der Waals surface area contributed by atoms with Crippen molar-refractivity contribution in [2.45, 2.75) is 39.7 Å². The van der Waals surface area contributed by atoms with Gasteiger partial charge in [-0.15, -0.1) is 0 Å². The first-order valence-corrected chi connectivity index (χ1v) is 8.25. The van der Waals surface area contributed by atoms with E-state index in [1.807, 2.05) is 38.1 Å². The van der Waals surface area contributed by atoms with Gasteiger partial charge in [0, 0.05) is 11.3 Å². The molecule has 130 valence electrons. The zero-order chi connectivity index (χ0) is 17.5. The third kappa shape index (κ3) is 4.07. The molecule has 1 aliphatic heterocycles. The lowest BCUT2D eigenvalue weighted by Gasteiger charge is -2.29. The van der Waals surface area contributed by atoms with Gasteiger partial charge in [0.2, 0.25) is 0 Å². The van der Waals surface area contributed by atoms with Crippen LogP contribution in [0.4, 0.5) is 4.79 Å². The molecule has 1 heterocycles. The zero-order valence-corrected chi connectivity index (χ0v) is 14.3. The topological polar surface area (TPSA) is 76.7 Å². The van der Waals surface area contributed by atoms with Gasteiger partial charge in [0.1, 0.15) is 5.75 Å². The number of unbranched alkanes of at least 4 members (excludes halogenated alkanes) is 1.